The number of amides is 1. The maximum atomic E-state index is 12.9. The number of hydrogen-bond donors (Lipinski definition) is 2. The summed E-state index contributed by atoms with van der Waals surface area (Å²) in [6.45, 7) is 3.05. The smallest absolute Gasteiger partial charge is 0.241 e. The second kappa shape index (κ2) is 6.89. The lowest BCUT2D eigenvalue weighted by Crippen LogP contribution is -2.26. The highest BCUT2D eigenvalue weighted by atomic mass is 32.2. The predicted molar refractivity (Wildman–Crippen MR) is 85.9 cm³/mol. The maximum absolute atomic E-state index is 12.9. The first-order valence-electron chi connectivity index (χ1n) is 6.93. The molecule has 1 amide bonds. The van der Waals surface area contributed by atoms with Crippen LogP contribution in [-0.4, -0.2) is 14.3 Å². The molecule has 2 aromatic carbocycles. The fourth-order valence-corrected chi connectivity index (χ4v) is 3.27. The minimum absolute atomic E-state index is 0.0839. The lowest BCUT2D eigenvalue weighted by atomic mass is 10.1. The van der Waals surface area contributed by atoms with Crippen LogP contribution in [0.15, 0.2) is 53.4 Å². The molecule has 23 heavy (non-hydrogen) atoms. The molecule has 0 heterocycles. The third-order valence-corrected chi connectivity index (χ3v) is 4.74. The molecule has 2 rings (SSSR count). The molecule has 0 spiro atoms. The van der Waals surface area contributed by atoms with Crippen molar-refractivity contribution >= 4 is 21.6 Å². The van der Waals surface area contributed by atoms with Crippen molar-refractivity contribution in [3.8, 4) is 0 Å². The Hall–Kier alpha value is -2.25. The molecule has 0 bridgehead atoms. The van der Waals surface area contributed by atoms with Gasteiger partial charge in [0.05, 0.1) is 4.90 Å². The van der Waals surface area contributed by atoms with Crippen molar-refractivity contribution in [3.63, 3.8) is 0 Å². The average Bonchev–Trinajstić information content (AvgIpc) is 2.47. The van der Waals surface area contributed by atoms with Crippen molar-refractivity contribution in [2.24, 2.45) is 0 Å². The first kappa shape index (κ1) is 17.1. The van der Waals surface area contributed by atoms with Crippen LogP contribution in [-0.2, 0) is 14.8 Å². The van der Waals surface area contributed by atoms with E-state index in [2.05, 4.69) is 10.0 Å². The second-order valence-corrected chi connectivity index (χ2v) is 6.81. The molecule has 122 valence electrons. The highest BCUT2D eigenvalue weighted by Crippen LogP contribution is 2.19. The van der Waals surface area contributed by atoms with Crippen LogP contribution in [0.5, 0.6) is 0 Å². The maximum Gasteiger partial charge on any atom is 0.241 e. The average molecular weight is 336 g/mol. The molecule has 1 atom stereocenters. The van der Waals surface area contributed by atoms with Gasteiger partial charge >= 0.3 is 0 Å². The van der Waals surface area contributed by atoms with Crippen LogP contribution in [0.25, 0.3) is 0 Å². The van der Waals surface area contributed by atoms with Crippen molar-refractivity contribution < 1.29 is 17.6 Å². The number of hydrogen-bond acceptors (Lipinski definition) is 3. The topological polar surface area (TPSA) is 75.3 Å². The Kier molecular flexibility index (Phi) is 5.12. The molecule has 7 heteroatoms. The summed E-state index contributed by atoms with van der Waals surface area (Å²) < 4.78 is 40.1. The van der Waals surface area contributed by atoms with Crippen molar-refractivity contribution in [1.82, 2.24) is 4.72 Å². The van der Waals surface area contributed by atoms with Gasteiger partial charge in [0, 0.05) is 18.7 Å². The molecule has 0 fully saturated rings. The number of benzene rings is 2. The second-order valence-electron chi connectivity index (χ2n) is 5.10. The largest absolute Gasteiger partial charge is 0.326 e. The number of carbonyl (C=O) groups excluding carboxylic acids is 1. The summed E-state index contributed by atoms with van der Waals surface area (Å²) in [6.07, 6.45) is 0. The SMILES string of the molecule is CC(=O)Nc1ccc(S(=O)(=O)NC(C)c2ccc(F)cc2)cc1. The van der Waals surface area contributed by atoms with Crippen molar-refractivity contribution in [2.45, 2.75) is 24.8 Å². The van der Waals surface area contributed by atoms with E-state index in [1.54, 1.807) is 6.92 Å². The molecule has 2 aromatic rings. The van der Waals surface area contributed by atoms with E-state index in [-0.39, 0.29) is 16.6 Å². The first-order chi connectivity index (χ1) is 10.8. The highest BCUT2D eigenvalue weighted by molar-refractivity contribution is 7.89. The molecule has 0 saturated heterocycles. The lowest BCUT2D eigenvalue weighted by molar-refractivity contribution is -0.114. The van der Waals surface area contributed by atoms with Crippen LogP contribution in [0.1, 0.15) is 25.5 Å². The molecule has 0 radical (unpaired) electrons. The van der Waals surface area contributed by atoms with Gasteiger partial charge in [0.25, 0.3) is 0 Å². The number of nitrogens with one attached hydrogen (secondary N) is 2. The van der Waals surface area contributed by atoms with Gasteiger partial charge in [-0.25, -0.2) is 17.5 Å². The third-order valence-electron chi connectivity index (χ3n) is 3.19. The summed E-state index contributed by atoms with van der Waals surface area (Å²) in [5, 5.41) is 2.57. The van der Waals surface area contributed by atoms with E-state index in [9.17, 15) is 17.6 Å². The summed E-state index contributed by atoms with van der Waals surface area (Å²) >= 11 is 0. The summed E-state index contributed by atoms with van der Waals surface area (Å²) in [6, 6.07) is 11.0. The molecule has 0 aromatic heterocycles. The molecule has 0 aliphatic carbocycles. The summed E-state index contributed by atoms with van der Waals surface area (Å²) in [7, 11) is -3.72. The van der Waals surface area contributed by atoms with E-state index in [0.29, 0.717) is 11.3 Å². The number of carbonyl (C=O) groups is 1. The monoisotopic (exact) mass is 336 g/mol. The van der Waals surface area contributed by atoms with Crippen LogP contribution in [0.2, 0.25) is 0 Å². The zero-order valence-corrected chi connectivity index (χ0v) is 13.5. The van der Waals surface area contributed by atoms with E-state index in [0.717, 1.165) is 0 Å². The molecular weight excluding hydrogens is 319 g/mol. The van der Waals surface area contributed by atoms with Crippen molar-refractivity contribution in [2.75, 3.05) is 5.32 Å². The van der Waals surface area contributed by atoms with Gasteiger partial charge in [-0.15, -0.1) is 0 Å². The van der Waals surface area contributed by atoms with Crippen LogP contribution in [0.3, 0.4) is 0 Å². The van der Waals surface area contributed by atoms with Crippen LogP contribution in [0, 0.1) is 5.82 Å². The summed E-state index contributed by atoms with van der Waals surface area (Å²) in [4.78, 5) is 11.0. The normalized spacial score (nSPS) is 12.7. The minimum Gasteiger partial charge on any atom is -0.326 e. The molecule has 0 aliphatic heterocycles. The number of anilines is 1. The minimum atomic E-state index is -3.72. The molecule has 5 nitrogen and oxygen atoms in total. The van der Waals surface area contributed by atoms with Gasteiger partial charge in [-0.3, -0.25) is 4.79 Å². The summed E-state index contributed by atoms with van der Waals surface area (Å²) in [5.74, 6) is -0.610. The quantitative estimate of drug-likeness (QED) is 0.881. The van der Waals surface area contributed by atoms with E-state index in [1.807, 2.05) is 0 Å². The zero-order valence-electron chi connectivity index (χ0n) is 12.7. The zero-order chi connectivity index (χ0) is 17.0. The van der Waals surface area contributed by atoms with Gasteiger partial charge in [-0.1, -0.05) is 12.1 Å². The van der Waals surface area contributed by atoms with Crippen molar-refractivity contribution in [1.29, 1.82) is 0 Å². The van der Waals surface area contributed by atoms with E-state index >= 15 is 0 Å². The van der Waals surface area contributed by atoms with Crippen LogP contribution < -0.4 is 10.0 Å². The van der Waals surface area contributed by atoms with Gasteiger partial charge in [0.15, 0.2) is 0 Å². The Balaban J connectivity index is 2.14. The molecule has 0 aliphatic rings. The van der Waals surface area contributed by atoms with Gasteiger partial charge in [0.2, 0.25) is 15.9 Å². The number of halogens is 1. The highest BCUT2D eigenvalue weighted by Gasteiger charge is 2.18. The number of sulfonamides is 1. The van der Waals surface area contributed by atoms with Gasteiger partial charge < -0.3 is 5.32 Å². The standard InChI is InChI=1S/C16H17FN2O3S/c1-11(13-3-5-14(17)6-4-13)19-23(21,22)16-9-7-15(8-10-16)18-12(2)20/h3-11,19H,1-2H3,(H,18,20). The predicted octanol–water partition coefficient (Wildman–Crippen LogP) is 2.82. The van der Waals surface area contributed by atoms with E-state index in [1.165, 1.54) is 55.5 Å². The van der Waals surface area contributed by atoms with Gasteiger partial charge in [-0.2, -0.15) is 0 Å². The van der Waals surface area contributed by atoms with E-state index in [4.69, 9.17) is 0 Å². The van der Waals surface area contributed by atoms with E-state index < -0.39 is 16.1 Å². The Morgan fingerprint density at radius 1 is 1.04 bits per heavy atom. The molecule has 2 N–H and O–H groups in total. The van der Waals surface area contributed by atoms with Gasteiger partial charge in [-0.05, 0) is 48.9 Å². The first-order valence-corrected chi connectivity index (χ1v) is 8.42. The number of rotatable bonds is 5. The van der Waals surface area contributed by atoms with Crippen molar-refractivity contribution in [3.05, 3.63) is 59.9 Å². The van der Waals surface area contributed by atoms with Crippen LogP contribution in [0.4, 0.5) is 10.1 Å². The molecule has 1 unspecified atom stereocenters. The third kappa shape index (κ3) is 4.61. The Labute approximate surface area is 134 Å². The fraction of sp³-hybridized carbons (Fsp3) is 0.188. The van der Waals surface area contributed by atoms with Gasteiger partial charge in [0.1, 0.15) is 5.82 Å². The Bertz CT molecular complexity index is 787. The fourth-order valence-electron chi connectivity index (χ4n) is 2.04. The Morgan fingerprint density at radius 3 is 2.13 bits per heavy atom. The summed E-state index contributed by atoms with van der Waals surface area (Å²) in [5.41, 5.74) is 1.17. The molecule has 0 saturated carbocycles. The molecular formula is C16H17FN2O3S. The Morgan fingerprint density at radius 2 is 1.61 bits per heavy atom. The lowest BCUT2D eigenvalue weighted by Gasteiger charge is -2.15. The van der Waals surface area contributed by atoms with Crippen LogP contribution >= 0.6 is 0 Å².